The van der Waals surface area contributed by atoms with Gasteiger partial charge in [-0.1, -0.05) is 23.8 Å². The second-order valence-corrected chi connectivity index (χ2v) is 7.54. The molecule has 0 spiro atoms. The number of nitrogens with zero attached hydrogens (tertiary/aromatic N) is 2. The second-order valence-electron chi connectivity index (χ2n) is 7.54. The fourth-order valence-corrected chi connectivity index (χ4v) is 3.92. The zero-order valence-electron chi connectivity index (χ0n) is 17.5. The van der Waals surface area contributed by atoms with Crippen molar-refractivity contribution >= 4 is 5.97 Å². The molecule has 1 heterocycles. The first-order valence-electron chi connectivity index (χ1n) is 10.4. The maximum atomic E-state index is 13.8. The molecule has 3 aromatic rings. The Morgan fingerprint density at radius 2 is 2.00 bits per heavy atom. The number of benzene rings is 2. The molecular formula is C24H24F2N2O3. The fraction of sp³-hybridized carbons (Fsp3) is 0.333. The van der Waals surface area contributed by atoms with Gasteiger partial charge in [-0.3, -0.25) is 0 Å². The Bertz CT molecular complexity index is 1080. The predicted octanol–water partition coefficient (Wildman–Crippen LogP) is 5.75. The molecule has 1 aliphatic rings. The van der Waals surface area contributed by atoms with Gasteiger partial charge in [0.1, 0.15) is 17.5 Å². The molecule has 4 rings (SSSR count). The van der Waals surface area contributed by atoms with Crippen LogP contribution in [0.2, 0.25) is 0 Å². The van der Waals surface area contributed by atoms with Crippen molar-refractivity contribution in [1.82, 2.24) is 9.78 Å². The van der Waals surface area contributed by atoms with Crippen LogP contribution in [-0.4, -0.2) is 22.4 Å². The average Bonchev–Trinajstić information content (AvgIpc) is 3.17. The van der Waals surface area contributed by atoms with Crippen molar-refractivity contribution in [3.63, 3.8) is 0 Å². The third-order valence-electron chi connectivity index (χ3n) is 5.36. The number of carbonyl (C=O) groups excluding carboxylic acids is 1. The van der Waals surface area contributed by atoms with Gasteiger partial charge in [-0.2, -0.15) is 5.10 Å². The minimum Gasteiger partial charge on any atom is -0.484 e. The number of hydrogen-bond donors (Lipinski definition) is 0. The molecule has 162 valence electrons. The van der Waals surface area contributed by atoms with Crippen LogP contribution in [0.4, 0.5) is 8.78 Å². The number of fused-ring (bicyclic) bond motifs is 1. The Kier molecular flexibility index (Phi) is 6.02. The summed E-state index contributed by atoms with van der Waals surface area (Å²) in [6, 6.07) is 14.3. The van der Waals surface area contributed by atoms with Gasteiger partial charge in [0.25, 0.3) is 6.43 Å². The highest BCUT2D eigenvalue weighted by molar-refractivity contribution is 5.90. The van der Waals surface area contributed by atoms with Crippen molar-refractivity contribution in [3.8, 4) is 11.4 Å². The molecule has 2 aromatic carbocycles. The Morgan fingerprint density at radius 3 is 2.71 bits per heavy atom. The Labute approximate surface area is 179 Å². The third-order valence-corrected chi connectivity index (χ3v) is 5.36. The van der Waals surface area contributed by atoms with Crippen molar-refractivity contribution in [1.29, 1.82) is 0 Å². The summed E-state index contributed by atoms with van der Waals surface area (Å²) in [4.78, 5) is 12.2. The maximum Gasteiger partial charge on any atom is 0.338 e. The number of rotatable bonds is 6. The van der Waals surface area contributed by atoms with Gasteiger partial charge in [0.2, 0.25) is 0 Å². The van der Waals surface area contributed by atoms with E-state index in [2.05, 4.69) is 5.10 Å². The van der Waals surface area contributed by atoms with Gasteiger partial charge in [-0.05, 0) is 63.4 Å². The van der Waals surface area contributed by atoms with Gasteiger partial charge in [-0.15, -0.1) is 0 Å². The number of halogens is 2. The summed E-state index contributed by atoms with van der Waals surface area (Å²) in [6.07, 6.45) is -1.18. The molecule has 0 aliphatic heterocycles. The molecule has 0 N–H and O–H groups in total. The summed E-state index contributed by atoms with van der Waals surface area (Å²) < 4.78 is 40.4. The van der Waals surface area contributed by atoms with Crippen LogP contribution in [-0.2, 0) is 11.2 Å². The maximum absolute atomic E-state index is 13.8. The number of carbonyl (C=O) groups is 1. The first-order chi connectivity index (χ1) is 15.0. The Balaban J connectivity index is 1.78. The summed E-state index contributed by atoms with van der Waals surface area (Å²) in [5, 5.41) is 4.25. The van der Waals surface area contributed by atoms with Crippen LogP contribution in [0.25, 0.3) is 5.69 Å². The SMILES string of the molecule is CCOC(=O)c1cccc(-n2nc(C(F)F)c3c2C(Oc2ccc(C)cc2)CCC3)c1. The summed E-state index contributed by atoms with van der Waals surface area (Å²) in [5.41, 5.74) is 2.89. The molecule has 0 radical (unpaired) electrons. The lowest BCUT2D eigenvalue weighted by atomic mass is 9.93. The molecule has 1 unspecified atom stereocenters. The minimum atomic E-state index is -2.69. The Morgan fingerprint density at radius 1 is 1.23 bits per heavy atom. The van der Waals surface area contributed by atoms with E-state index in [1.807, 2.05) is 31.2 Å². The molecule has 7 heteroatoms. The van der Waals surface area contributed by atoms with Crippen molar-refractivity contribution in [3.05, 3.63) is 76.6 Å². The lowest BCUT2D eigenvalue weighted by Crippen LogP contribution is -2.19. The topological polar surface area (TPSA) is 53.4 Å². The van der Waals surface area contributed by atoms with Crippen LogP contribution >= 0.6 is 0 Å². The number of esters is 1. The average molecular weight is 426 g/mol. The van der Waals surface area contributed by atoms with Crippen LogP contribution in [0.5, 0.6) is 5.75 Å². The van der Waals surface area contributed by atoms with Crippen molar-refractivity contribution in [2.75, 3.05) is 6.61 Å². The second kappa shape index (κ2) is 8.88. The van der Waals surface area contributed by atoms with E-state index in [0.717, 1.165) is 12.0 Å². The minimum absolute atomic E-state index is 0.228. The van der Waals surface area contributed by atoms with E-state index in [1.54, 1.807) is 31.2 Å². The highest BCUT2D eigenvalue weighted by atomic mass is 19.3. The molecule has 0 saturated carbocycles. The third kappa shape index (κ3) is 4.31. The highest BCUT2D eigenvalue weighted by Crippen LogP contribution is 2.39. The standard InChI is InChI=1S/C24H24F2N2O3/c1-3-30-24(29)16-6-4-7-17(14-16)28-22-19(21(27-28)23(25)26)8-5-9-20(22)31-18-12-10-15(2)11-13-18/h4,6-7,10-14,20,23H,3,5,8-9H2,1-2H3. The van der Waals surface area contributed by atoms with Gasteiger partial charge in [-0.25, -0.2) is 18.3 Å². The van der Waals surface area contributed by atoms with Crippen molar-refractivity contribution in [2.24, 2.45) is 0 Å². The van der Waals surface area contributed by atoms with Crippen LogP contribution in [0.15, 0.2) is 48.5 Å². The number of ether oxygens (including phenoxy) is 2. The number of aryl methyl sites for hydroxylation is 1. The number of hydrogen-bond acceptors (Lipinski definition) is 4. The van der Waals surface area contributed by atoms with Gasteiger partial charge >= 0.3 is 5.97 Å². The van der Waals surface area contributed by atoms with E-state index in [-0.39, 0.29) is 12.3 Å². The smallest absolute Gasteiger partial charge is 0.338 e. The van der Waals surface area contributed by atoms with Crippen LogP contribution < -0.4 is 4.74 Å². The molecule has 1 aromatic heterocycles. The Hall–Kier alpha value is -3.22. The highest BCUT2D eigenvalue weighted by Gasteiger charge is 2.33. The van der Waals surface area contributed by atoms with Crippen LogP contribution in [0, 0.1) is 6.92 Å². The lowest BCUT2D eigenvalue weighted by Gasteiger charge is -2.25. The summed E-state index contributed by atoms with van der Waals surface area (Å²) >= 11 is 0. The number of alkyl halides is 2. The van der Waals surface area contributed by atoms with Crippen LogP contribution in [0.1, 0.15) is 65.2 Å². The lowest BCUT2D eigenvalue weighted by molar-refractivity contribution is 0.0526. The zero-order chi connectivity index (χ0) is 22.0. The van der Waals surface area contributed by atoms with Gasteiger partial charge in [0, 0.05) is 5.56 Å². The normalized spacial score (nSPS) is 15.6. The summed E-state index contributed by atoms with van der Waals surface area (Å²) in [6.45, 7) is 3.97. The summed E-state index contributed by atoms with van der Waals surface area (Å²) in [5.74, 6) is 0.210. The molecule has 0 fully saturated rings. The molecule has 1 aliphatic carbocycles. The fourth-order valence-electron chi connectivity index (χ4n) is 3.92. The molecule has 5 nitrogen and oxygen atoms in total. The predicted molar refractivity (Wildman–Crippen MR) is 112 cm³/mol. The van der Waals surface area contributed by atoms with E-state index in [9.17, 15) is 13.6 Å². The zero-order valence-corrected chi connectivity index (χ0v) is 17.5. The van der Waals surface area contributed by atoms with Gasteiger partial charge in [0.05, 0.1) is 23.6 Å². The van der Waals surface area contributed by atoms with E-state index in [1.165, 1.54) is 4.68 Å². The van der Waals surface area contributed by atoms with Crippen molar-refractivity contribution in [2.45, 2.75) is 45.6 Å². The number of aromatic nitrogens is 2. The largest absolute Gasteiger partial charge is 0.484 e. The van der Waals surface area contributed by atoms with E-state index >= 15 is 0 Å². The summed E-state index contributed by atoms with van der Waals surface area (Å²) in [7, 11) is 0. The van der Waals surface area contributed by atoms with Crippen LogP contribution in [0.3, 0.4) is 0 Å². The molecular weight excluding hydrogens is 402 g/mol. The van der Waals surface area contributed by atoms with Gasteiger partial charge < -0.3 is 9.47 Å². The van der Waals surface area contributed by atoms with Crippen molar-refractivity contribution < 1.29 is 23.0 Å². The van der Waals surface area contributed by atoms with E-state index in [0.29, 0.717) is 41.1 Å². The van der Waals surface area contributed by atoms with Gasteiger partial charge in [0.15, 0.2) is 0 Å². The molecule has 0 saturated heterocycles. The van der Waals surface area contributed by atoms with E-state index in [4.69, 9.17) is 9.47 Å². The first kappa shape index (κ1) is 21.0. The molecule has 31 heavy (non-hydrogen) atoms. The molecule has 0 amide bonds. The quantitative estimate of drug-likeness (QED) is 0.471. The molecule has 0 bridgehead atoms. The van der Waals surface area contributed by atoms with E-state index < -0.39 is 18.5 Å². The first-order valence-corrected chi connectivity index (χ1v) is 10.4. The molecule has 1 atom stereocenters. The monoisotopic (exact) mass is 426 g/mol.